The number of benzene rings is 1. The molecule has 0 aliphatic heterocycles. The minimum absolute atomic E-state index is 0.0205. The van der Waals surface area contributed by atoms with Crippen molar-refractivity contribution in [2.24, 2.45) is 0 Å². The van der Waals surface area contributed by atoms with Crippen LogP contribution >= 0.6 is 11.6 Å². The highest BCUT2D eigenvalue weighted by atomic mass is 35.5. The molecule has 0 atom stereocenters. The lowest BCUT2D eigenvalue weighted by Gasteiger charge is -1.98. The van der Waals surface area contributed by atoms with Gasteiger partial charge in [0.1, 0.15) is 5.82 Å². The Morgan fingerprint density at radius 3 is 3.00 bits per heavy atom. The highest BCUT2D eigenvalue weighted by Crippen LogP contribution is 2.29. The molecule has 0 aliphatic carbocycles. The van der Waals surface area contributed by atoms with Crippen molar-refractivity contribution in [3.63, 3.8) is 0 Å². The third-order valence-corrected chi connectivity index (χ3v) is 2.52. The second kappa shape index (κ2) is 5.18. The van der Waals surface area contributed by atoms with Crippen LogP contribution in [0.3, 0.4) is 0 Å². The van der Waals surface area contributed by atoms with Crippen LogP contribution in [0.1, 0.15) is 17.4 Å². The normalized spacial score (nSPS) is 10.4. The molecular weight excluding hydrogens is 261 g/mol. The van der Waals surface area contributed by atoms with Gasteiger partial charge in [-0.25, -0.2) is 9.18 Å². The highest BCUT2D eigenvalue weighted by Gasteiger charge is 2.16. The predicted octanol–water partition coefficient (Wildman–Crippen LogP) is 3.31. The minimum atomic E-state index is -0.597. The van der Waals surface area contributed by atoms with Gasteiger partial charge < -0.3 is 9.26 Å². The van der Waals surface area contributed by atoms with Crippen molar-refractivity contribution in [1.29, 1.82) is 0 Å². The maximum atomic E-state index is 13.1. The Labute approximate surface area is 107 Å². The minimum Gasteiger partial charge on any atom is -0.461 e. The summed E-state index contributed by atoms with van der Waals surface area (Å²) in [6.45, 7) is 1.92. The first kappa shape index (κ1) is 12.6. The molecule has 0 saturated heterocycles. The van der Waals surface area contributed by atoms with Crippen molar-refractivity contribution < 1.29 is 18.4 Å². The number of esters is 1. The molecule has 6 heteroatoms. The quantitative estimate of drug-likeness (QED) is 0.802. The summed E-state index contributed by atoms with van der Waals surface area (Å²) in [6, 6.07) is 5.20. The van der Waals surface area contributed by atoms with Crippen LogP contribution in [0.25, 0.3) is 11.3 Å². The molecule has 0 aliphatic rings. The van der Waals surface area contributed by atoms with Crippen molar-refractivity contribution in [3.05, 3.63) is 40.8 Å². The third-order valence-electron chi connectivity index (χ3n) is 2.19. The average Bonchev–Trinajstić information content (AvgIpc) is 2.82. The number of ether oxygens (including phenoxy) is 1. The molecule has 1 aromatic heterocycles. The van der Waals surface area contributed by atoms with E-state index in [4.69, 9.17) is 20.9 Å². The number of hydrogen-bond donors (Lipinski definition) is 0. The van der Waals surface area contributed by atoms with E-state index in [9.17, 15) is 9.18 Å². The Bertz CT molecular complexity index is 582. The van der Waals surface area contributed by atoms with E-state index < -0.39 is 11.8 Å². The molecule has 2 aromatic rings. The van der Waals surface area contributed by atoms with Crippen LogP contribution in [0.5, 0.6) is 0 Å². The van der Waals surface area contributed by atoms with Crippen LogP contribution in [-0.4, -0.2) is 17.7 Å². The van der Waals surface area contributed by atoms with Gasteiger partial charge in [-0.05, 0) is 25.1 Å². The number of halogens is 2. The van der Waals surface area contributed by atoms with Crippen molar-refractivity contribution in [2.75, 3.05) is 6.61 Å². The zero-order valence-electron chi connectivity index (χ0n) is 9.44. The van der Waals surface area contributed by atoms with Crippen LogP contribution in [0.15, 0.2) is 28.8 Å². The van der Waals surface area contributed by atoms with E-state index in [1.54, 1.807) is 6.92 Å². The van der Waals surface area contributed by atoms with Gasteiger partial charge in [-0.3, -0.25) is 0 Å². The lowest BCUT2D eigenvalue weighted by Crippen LogP contribution is -2.04. The molecule has 2 rings (SSSR count). The number of aromatic nitrogens is 1. The second-order valence-corrected chi connectivity index (χ2v) is 3.83. The SMILES string of the molecule is CCOC(=O)c1cc(-c2cc(F)ccc2Cl)on1. The molecule has 0 N–H and O–H groups in total. The molecule has 0 radical (unpaired) electrons. The van der Waals surface area contributed by atoms with Gasteiger partial charge in [0.15, 0.2) is 11.5 Å². The van der Waals surface area contributed by atoms with E-state index >= 15 is 0 Å². The Kier molecular flexibility index (Phi) is 3.62. The smallest absolute Gasteiger partial charge is 0.360 e. The number of carbonyl (C=O) groups is 1. The van der Waals surface area contributed by atoms with Crippen molar-refractivity contribution >= 4 is 17.6 Å². The molecule has 18 heavy (non-hydrogen) atoms. The molecule has 0 bridgehead atoms. The summed E-state index contributed by atoms with van der Waals surface area (Å²) in [5.74, 6) is -0.842. The first-order valence-electron chi connectivity index (χ1n) is 5.21. The summed E-state index contributed by atoms with van der Waals surface area (Å²) in [4.78, 5) is 11.4. The summed E-state index contributed by atoms with van der Waals surface area (Å²) in [6.07, 6.45) is 0. The maximum absolute atomic E-state index is 13.1. The van der Waals surface area contributed by atoms with Gasteiger partial charge in [0.25, 0.3) is 0 Å². The first-order valence-corrected chi connectivity index (χ1v) is 5.59. The molecule has 0 spiro atoms. The second-order valence-electron chi connectivity index (χ2n) is 3.42. The largest absolute Gasteiger partial charge is 0.461 e. The molecule has 94 valence electrons. The lowest BCUT2D eigenvalue weighted by molar-refractivity contribution is 0.0514. The molecule has 4 nitrogen and oxygen atoms in total. The van der Waals surface area contributed by atoms with Crippen molar-refractivity contribution in [1.82, 2.24) is 5.16 Å². The van der Waals surface area contributed by atoms with E-state index in [1.807, 2.05) is 0 Å². The molecule has 1 aromatic carbocycles. The lowest BCUT2D eigenvalue weighted by atomic mass is 10.1. The zero-order chi connectivity index (χ0) is 13.1. The van der Waals surface area contributed by atoms with E-state index in [0.29, 0.717) is 10.6 Å². The topological polar surface area (TPSA) is 52.3 Å². The van der Waals surface area contributed by atoms with Crippen LogP contribution in [0.4, 0.5) is 4.39 Å². The Morgan fingerprint density at radius 2 is 2.28 bits per heavy atom. The predicted molar refractivity (Wildman–Crippen MR) is 62.9 cm³/mol. The highest BCUT2D eigenvalue weighted by molar-refractivity contribution is 6.33. The number of carbonyl (C=O) groups excluding carboxylic acids is 1. The first-order chi connectivity index (χ1) is 8.61. The van der Waals surface area contributed by atoms with Crippen LogP contribution in [0.2, 0.25) is 5.02 Å². The number of nitrogens with zero attached hydrogens (tertiary/aromatic N) is 1. The van der Waals surface area contributed by atoms with E-state index in [1.165, 1.54) is 24.3 Å². The zero-order valence-corrected chi connectivity index (χ0v) is 10.2. The third kappa shape index (κ3) is 2.51. The Hall–Kier alpha value is -1.88. The fourth-order valence-electron chi connectivity index (χ4n) is 1.39. The monoisotopic (exact) mass is 269 g/mol. The summed E-state index contributed by atoms with van der Waals surface area (Å²) < 4.78 is 22.8. The molecule has 0 fully saturated rings. The van der Waals surface area contributed by atoms with Gasteiger partial charge in [-0.15, -0.1) is 0 Å². The summed E-state index contributed by atoms with van der Waals surface area (Å²) in [5, 5.41) is 3.86. The molecule has 0 amide bonds. The Morgan fingerprint density at radius 1 is 1.50 bits per heavy atom. The van der Waals surface area contributed by atoms with Crippen LogP contribution in [-0.2, 0) is 4.74 Å². The van der Waals surface area contributed by atoms with Gasteiger partial charge in [-0.1, -0.05) is 16.8 Å². The number of hydrogen-bond acceptors (Lipinski definition) is 4. The molecule has 0 unspecified atom stereocenters. The summed E-state index contributed by atoms with van der Waals surface area (Å²) in [5.41, 5.74) is 0.354. The standard InChI is InChI=1S/C12H9ClFNO3/c1-2-17-12(16)10-6-11(18-15-10)8-5-7(14)3-4-9(8)13/h3-6H,2H2,1H3. The van der Waals surface area contributed by atoms with E-state index in [-0.39, 0.29) is 18.1 Å². The van der Waals surface area contributed by atoms with E-state index in [0.717, 1.165) is 0 Å². The van der Waals surface area contributed by atoms with Gasteiger partial charge in [-0.2, -0.15) is 0 Å². The summed E-state index contributed by atoms with van der Waals surface area (Å²) in [7, 11) is 0. The summed E-state index contributed by atoms with van der Waals surface area (Å²) >= 11 is 5.91. The van der Waals surface area contributed by atoms with Gasteiger partial charge in [0.2, 0.25) is 0 Å². The van der Waals surface area contributed by atoms with Gasteiger partial charge in [0.05, 0.1) is 11.6 Å². The van der Waals surface area contributed by atoms with Crippen LogP contribution in [0, 0.1) is 5.82 Å². The number of rotatable bonds is 3. The van der Waals surface area contributed by atoms with Crippen molar-refractivity contribution in [2.45, 2.75) is 6.92 Å². The molecule has 0 saturated carbocycles. The van der Waals surface area contributed by atoms with Crippen LogP contribution < -0.4 is 0 Å². The fourth-order valence-corrected chi connectivity index (χ4v) is 1.60. The van der Waals surface area contributed by atoms with E-state index in [2.05, 4.69) is 5.16 Å². The molecular formula is C12H9ClFNO3. The maximum Gasteiger partial charge on any atom is 0.360 e. The average molecular weight is 270 g/mol. The Balaban J connectivity index is 2.35. The molecule has 1 heterocycles. The fraction of sp³-hybridized carbons (Fsp3) is 0.167. The van der Waals surface area contributed by atoms with Gasteiger partial charge in [0, 0.05) is 11.6 Å². The van der Waals surface area contributed by atoms with Gasteiger partial charge >= 0.3 is 5.97 Å². The van der Waals surface area contributed by atoms with Crippen molar-refractivity contribution in [3.8, 4) is 11.3 Å².